The Bertz CT molecular complexity index is 1210. The molecule has 12 nitrogen and oxygen atoms in total. The van der Waals surface area contributed by atoms with Crippen LogP contribution in [0.15, 0.2) is 58.5 Å². The van der Waals surface area contributed by atoms with Gasteiger partial charge in [-0.05, 0) is 45.1 Å². The van der Waals surface area contributed by atoms with E-state index in [2.05, 4.69) is 10.6 Å². The van der Waals surface area contributed by atoms with Gasteiger partial charge in [0.05, 0.1) is 29.7 Å². The van der Waals surface area contributed by atoms with Gasteiger partial charge in [0.2, 0.25) is 11.6 Å². The number of carbonyl (C=O) groups excluding carboxylic acids is 4. The van der Waals surface area contributed by atoms with Crippen LogP contribution in [0.5, 0.6) is 0 Å². The van der Waals surface area contributed by atoms with Crippen LogP contribution in [0.2, 0.25) is 0 Å². The maximum atomic E-state index is 13.6. The Morgan fingerprint density at radius 3 is 2.44 bits per heavy atom. The number of amides is 2. The third-order valence-electron chi connectivity index (χ3n) is 7.37. The van der Waals surface area contributed by atoms with Crippen molar-refractivity contribution in [3.8, 4) is 0 Å². The van der Waals surface area contributed by atoms with Crippen molar-refractivity contribution in [2.24, 2.45) is 17.6 Å². The summed E-state index contributed by atoms with van der Waals surface area (Å²) in [6.45, 7) is 8.50. The minimum absolute atomic E-state index is 0.0431. The van der Waals surface area contributed by atoms with Crippen molar-refractivity contribution in [1.82, 2.24) is 10.6 Å². The summed E-state index contributed by atoms with van der Waals surface area (Å²) in [5, 5.41) is 26.4. The van der Waals surface area contributed by atoms with Gasteiger partial charge in [0, 0.05) is 43.9 Å². The predicted molar refractivity (Wildman–Crippen MR) is 159 cm³/mol. The molecule has 7 atom stereocenters. The summed E-state index contributed by atoms with van der Waals surface area (Å²) in [5.74, 6) is -2.35. The number of ether oxygens (including phenoxy) is 3. The van der Waals surface area contributed by atoms with Crippen molar-refractivity contribution >= 4 is 23.6 Å². The third kappa shape index (κ3) is 9.99. The minimum Gasteiger partial charge on any atom is -0.439 e. The van der Waals surface area contributed by atoms with E-state index in [0.29, 0.717) is 12.0 Å². The fourth-order valence-corrected chi connectivity index (χ4v) is 5.03. The highest BCUT2D eigenvalue weighted by atomic mass is 16.6. The third-order valence-corrected chi connectivity index (χ3v) is 7.37. The van der Waals surface area contributed by atoms with Crippen molar-refractivity contribution in [3.63, 3.8) is 0 Å². The number of ketones is 2. The second-order valence-electron chi connectivity index (χ2n) is 11.2. The van der Waals surface area contributed by atoms with Gasteiger partial charge >= 0.3 is 6.09 Å². The number of hydrogen-bond acceptors (Lipinski definition) is 10. The van der Waals surface area contributed by atoms with E-state index >= 15 is 0 Å². The molecule has 0 radical (unpaired) electrons. The quantitative estimate of drug-likeness (QED) is 0.221. The number of hydrogen-bond donors (Lipinski definition) is 5. The van der Waals surface area contributed by atoms with Crippen LogP contribution >= 0.6 is 0 Å². The molecule has 0 spiro atoms. The molecule has 0 aromatic heterocycles. The molecular weight excluding hydrogens is 558 g/mol. The van der Waals surface area contributed by atoms with Gasteiger partial charge in [0.15, 0.2) is 6.10 Å². The monoisotopic (exact) mass is 603 g/mol. The SMILES string of the molecule is CO[C@H]1C[C@H](C)CC2=C(NCC(C)O)C(=O)C=C(NC(=O)/C(C)=C/C=C\[C@@H](OC)[C@@H](OC(N)=O)/C(C)=C/[C@H](C)[C@H]1O)C2=O. The van der Waals surface area contributed by atoms with Crippen LogP contribution in [-0.2, 0) is 28.6 Å². The van der Waals surface area contributed by atoms with Gasteiger partial charge in [0.1, 0.15) is 6.10 Å². The van der Waals surface area contributed by atoms with E-state index in [4.69, 9.17) is 19.9 Å². The van der Waals surface area contributed by atoms with Crippen LogP contribution in [-0.4, -0.2) is 85.1 Å². The molecule has 1 unspecified atom stereocenters. The summed E-state index contributed by atoms with van der Waals surface area (Å²) in [6.07, 6.45) is 2.72. The normalized spacial score (nSPS) is 32.0. The topological polar surface area (TPSA) is 187 Å². The van der Waals surface area contributed by atoms with E-state index < -0.39 is 60.0 Å². The highest BCUT2D eigenvalue weighted by Crippen LogP contribution is 2.28. The number of primary amides is 1. The molecule has 0 aromatic carbocycles. The van der Waals surface area contributed by atoms with Crippen molar-refractivity contribution < 1.29 is 43.6 Å². The molecule has 1 heterocycles. The average Bonchev–Trinajstić information content (AvgIpc) is 2.93. The maximum Gasteiger partial charge on any atom is 0.405 e. The molecule has 0 saturated carbocycles. The highest BCUT2D eigenvalue weighted by molar-refractivity contribution is 6.23. The number of nitrogens with one attached hydrogen (secondary N) is 2. The van der Waals surface area contributed by atoms with Crippen LogP contribution in [0.25, 0.3) is 0 Å². The lowest BCUT2D eigenvalue weighted by atomic mass is 9.85. The van der Waals surface area contributed by atoms with Crippen molar-refractivity contribution in [2.75, 3.05) is 20.8 Å². The zero-order valence-corrected chi connectivity index (χ0v) is 25.9. The number of rotatable bonds is 6. The molecule has 2 rings (SSSR count). The Morgan fingerprint density at radius 1 is 1.19 bits per heavy atom. The zero-order chi connectivity index (χ0) is 32.4. The smallest absolute Gasteiger partial charge is 0.405 e. The van der Waals surface area contributed by atoms with Gasteiger partial charge in [-0.3, -0.25) is 14.4 Å². The first-order valence-corrected chi connectivity index (χ1v) is 14.2. The van der Waals surface area contributed by atoms with Gasteiger partial charge in [-0.25, -0.2) is 4.79 Å². The number of methoxy groups -OCH3 is 2. The maximum absolute atomic E-state index is 13.6. The molecule has 2 amide bonds. The number of nitrogens with two attached hydrogens (primary N) is 1. The molecule has 2 aliphatic rings. The van der Waals surface area contributed by atoms with E-state index in [0.717, 1.165) is 6.08 Å². The van der Waals surface area contributed by atoms with Crippen LogP contribution in [0.3, 0.4) is 0 Å². The van der Waals surface area contributed by atoms with Crippen LogP contribution < -0.4 is 16.4 Å². The van der Waals surface area contributed by atoms with Crippen LogP contribution in [0.1, 0.15) is 47.5 Å². The first-order valence-electron chi connectivity index (χ1n) is 14.2. The van der Waals surface area contributed by atoms with Gasteiger partial charge in [-0.2, -0.15) is 0 Å². The average molecular weight is 604 g/mol. The lowest BCUT2D eigenvalue weighted by Crippen LogP contribution is -2.38. The van der Waals surface area contributed by atoms with E-state index in [1.165, 1.54) is 33.3 Å². The predicted octanol–water partition coefficient (Wildman–Crippen LogP) is 1.73. The van der Waals surface area contributed by atoms with Gasteiger partial charge < -0.3 is 40.8 Å². The minimum atomic E-state index is -1.01. The van der Waals surface area contributed by atoms with E-state index in [9.17, 15) is 29.4 Å². The van der Waals surface area contributed by atoms with Gasteiger partial charge in [0.25, 0.3) is 5.91 Å². The second kappa shape index (κ2) is 16.3. The molecule has 2 bridgehead atoms. The number of Topliss-reactive ketones (excluding diaryl/α,β-unsaturated/α-hetero) is 1. The molecule has 6 N–H and O–H groups in total. The summed E-state index contributed by atoms with van der Waals surface area (Å²) in [5.41, 5.74) is 6.19. The first kappa shape index (κ1) is 35.6. The molecule has 43 heavy (non-hydrogen) atoms. The van der Waals surface area contributed by atoms with E-state index in [-0.39, 0.29) is 41.4 Å². The Kier molecular flexibility index (Phi) is 13.5. The second-order valence-corrected chi connectivity index (χ2v) is 11.2. The molecule has 1 aliphatic carbocycles. The van der Waals surface area contributed by atoms with Gasteiger partial charge in [-0.15, -0.1) is 0 Å². The van der Waals surface area contributed by atoms with Crippen molar-refractivity contribution in [1.29, 1.82) is 0 Å². The summed E-state index contributed by atoms with van der Waals surface area (Å²) in [6, 6.07) is 0. The first-order chi connectivity index (χ1) is 20.2. The Morgan fingerprint density at radius 2 is 1.86 bits per heavy atom. The summed E-state index contributed by atoms with van der Waals surface area (Å²) in [4.78, 5) is 51.4. The number of allylic oxidation sites excluding steroid dienone is 4. The zero-order valence-electron chi connectivity index (χ0n) is 25.9. The van der Waals surface area contributed by atoms with Crippen molar-refractivity contribution in [2.45, 2.75) is 78.0 Å². The molecule has 0 fully saturated rings. The van der Waals surface area contributed by atoms with Gasteiger partial charge in [-0.1, -0.05) is 38.2 Å². The van der Waals surface area contributed by atoms with Crippen molar-refractivity contribution in [3.05, 3.63) is 58.5 Å². The molecule has 0 saturated heterocycles. The number of carbonyl (C=O) groups is 4. The number of aliphatic hydroxyl groups excluding tert-OH is 2. The Labute approximate surface area is 252 Å². The lowest BCUT2D eigenvalue weighted by molar-refractivity contribution is -0.120. The molecule has 238 valence electrons. The summed E-state index contributed by atoms with van der Waals surface area (Å²) in [7, 11) is 2.90. The number of fused-ring (bicyclic) bond motifs is 2. The van der Waals surface area contributed by atoms with E-state index in [1.807, 2.05) is 6.92 Å². The molecule has 12 heteroatoms. The van der Waals surface area contributed by atoms with Crippen LogP contribution in [0, 0.1) is 11.8 Å². The fourth-order valence-electron chi connectivity index (χ4n) is 5.03. The lowest BCUT2D eigenvalue weighted by Gasteiger charge is -2.30. The molecule has 1 aliphatic heterocycles. The highest BCUT2D eigenvalue weighted by Gasteiger charge is 2.33. The summed E-state index contributed by atoms with van der Waals surface area (Å²) >= 11 is 0. The Balaban J connectivity index is 2.62. The standard InChI is InChI=1S/C31H45N3O9/c1-16-11-21-26(33-15-20(5)35)23(36)14-22(28(21)38)34-30(39)17(2)9-8-10-24(41-6)29(43-31(32)40)19(4)13-18(3)27(37)25(12-16)42-7/h8-10,13-14,16,18,20,24-25,27,29,33,35,37H,11-12,15H2,1-7H3,(H2,32,40)(H,34,39)/b10-8-,17-9+,19-13+/t16-,18+,20?,24-,25+,27-,29+/m1/s1. The largest absolute Gasteiger partial charge is 0.439 e. The summed E-state index contributed by atoms with van der Waals surface area (Å²) < 4.78 is 16.5. The molecular formula is C31H45N3O9. The Hall–Kier alpha value is -3.58. The van der Waals surface area contributed by atoms with Crippen LogP contribution in [0.4, 0.5) is 4.79 Å². The fraction of sp³-hybridized carbons (Fsp3) is 0.548. The number of aliphatic hydroxyl groups is 2. The molecule has 0 aromatic rings. The van der Waals surface area contributed by atoms with E-state index in [1.54, 1.807) is 32.9 Å².